The molecular weight excluding hydrogens is 376 g/mol. The van der Waals surface area contributed by atoms with Crippen molar-refractivity contribution < 1.29 is 17.9 Å². The third kappa shape index (κ3) is 3.78. The summed E-state index contributed by atoms with van der Waals surface area (Å²) in [5.74, 6) is 0.415. The molecule has 0 aromatic heterocycles. The maximum Gasteiger partial charge on any atom is 0.261 e. The van der Waals surface area contributed by atoms with Gasteiger partial charge in [0, 0.05) is 25.7 Å². The smallest absolute Gasteiger partial charge is 0.261 e. The lowest BCUT2D eigenvalue weighted by Crippen LogP contribution is -2.34. The minimum absolute atomic E-state index is 0.00880. The molecule has 0 spiro atoms. The summed E-state index contributed by atoms with van der Waals surface area (Å²) >= 11 is 6.02. The topological polar surface area (TPSA) is 75.7 Å². The van der Waals surface area contributed by atoms with Crippen LogP contribution in [-0.2, 0) is 27.8 Å². The second-order valence-electron chi connectivity index (χ2n) is 6.08. The molecule has 0 radical (unpaired) electrons. The fourth-order valence-corrected chi connectivity index (χ4v) is 4.32. The Morgan fingerprint density at radius 3 is 2.62 bits per heavy atom. The second-order valence-corrected chi connectivity index (χ2v) is 8.17. The Bertz CT molecular complexity index is 960. The van der Waals surface area contributed by atoms with Crippen LogP contribution in [0.4, 0.5) is 5.69 Å². The van der Waals surface area contributed by atoms with E-state index in [4.69, 9.17) is 16.3 Å². The summed E-state index contributed by atoms with van der Waals surface area (Å²) in [6.07, 6.45) is 0.760. The van der Waals surface area contributed by atoms with Gasteiger partial charge in [-0.1, -0.05) is 17.7 Å². The lowest BCUT2D eigenvalue weighted by atomic mass is 9.99. The van der Waals surface area contributed by atoms with Crippen LogP contribution in [0.15, 0.2) is 41.3 Å². The molecule has 138 valence electrons. The number of benzene rings is 2. The highest BCUT2D eigenvalue weighted by atomic mass is 35.5. The first kappa shape index (κ1) is 18.5. The number of hydrogen-bond donors (Lipinski definition) is 1. The number of methoxy groups -OCH3 is 1. The minimum atomic E-state index is -3.79. The molecule has 0 atom stereocenters. The number of sulfonamides is 1. The van der Waals surface area contributed by atoms with Gasteiger partial charge in [0.15, 0.2) is 0 Å². The molecule has 0 saturated carbocycles. The van der Waals surface area contributed by atoms with Crippen molar-refractivity contribution in [3.05, 3.63) is 52.5 Å². The van der Waals surface area contributed by atoms with Gasteiger partial charge < -0.3 is 9.64 Å². The first-order chi connectivity index (χ1) is 12.3. The molecule has 8 heteroatoms. The van der Waals surface area contributed by atoms with E-state index in [-0.39, 0.29) is 15.8 Å². The van der Waals surface area contributed by atoms with Gasteiger partial charge in [-0.05, 0) is 47.9 Å². The van der Waals surface area contributed by atoms with Gasteiger partial charge in [-0.25, -0.2) is 8.42 Å². The Kier molecular flexibility index (Phi) is 5.11. The number of nitrogens with zero attached hydrogens (tertiary/aromatic N) is 1. The quantitative estimate of drug-likeness (QED) is 0.864. The van der Waals surface area contributed by atoms with Gasteiger partial charge in [0.2, 0.25) is 5.91 Å². The van der Waals surface area contributed by atoms with Crippen LogP contribution in [0, 0.1) is 0 Å². The van der Waals surface area contributed by atoms with Gasteiger partial charge >= 0.3 is 0 Å². The molecule has 2 aromatic carbocycles. The number of fused-ring (bicyclic) bond motifs is 1. The standard InChI is InChI=1S/C18H19ClN2O4S/c1-12(22)21-8-7-13-3-4-15(9-14(13)11-21)20-26(23,24)16-5-6-18(25-2)17(19)10-16/h3-6,9-10,20H,7-8,11H2,1-2H3. The molecule has 1 aliphatic rings. The number of carbonyl (C=O) groups is 1. The monoisotopic (exact) mass is 394 g/mol. The van der Waals surface area contributed by atoms with Gasteiger partial charge in [0.25, 0.3) is 10.0 Å². The minimum Gasteiger partial charge on any atom is -0.495 e. The third-order valence-corrected chi connectivity index (χ3v) is 6.02. The predicted molar refractivity (Wildman–Crippen MR) is 100 cm³/mol. The fourth-order valence-electron chi connectivity index (χ4n) is 2.92. The summed E-state index contributed by atoms with van der Waals surface area (Å²) in [7, 11) is -2.32. The van der Waals surface area contributed by atoms with E-state index in [9.17, 15) is 13.2 Å². The van der Waals surface area contributed by atoms with E-state index in [1.165, 1.54) is 32.2 Å². The predicted octanol–water partition coefficient (Wildman–Crippen LogP) is 3.05. The molecule has 0 unspecified atom stereocenters. The normalized spacial score (nSPS) is 13.9. The van der Waals surface area contributed by atoms with Crippen molar-refractivity contribution in [1.29, 1.82) is 0 Å². The van der Waals surface area contributed by atoms with E-state index in [0.717, 1.165) is 17.5 Å². The van der Waals surface area contributed by atoms with Crippen molar-refractivity contribution in [2.24, 2.45) is 0 Å². The Morgan fingerprint density at radius 1 is 1.19 bits per heavy atom. The summed E-state index contributed by atoms with van der Waals surface area (Å²) in [6, 6.07) is 9.68. The Labute approximate surface area is 157 Å². The SMILES string of the molecule is COc1ccc(S(=O)(=O)Nc2ccc3c(c2)CN(C(C)=O)CC3)cc1Cl. The van der Waals surface area contributed by atoms with Gasteiger partial charge in [0.05, 0.1) is 17.0 Å². The summed E-state index contributed by atoms with van der Waals surface area (Å²) in [4.78, 5) is 13.4. The molecule has 3 rings (SSSR count). The number of rotatable bonds is 4. The molecule has 0 saturated heterocycles. The zero-order valence-electron chi connectivity index (χ0n) is 14.5. The van der Waals surface area contributed by atoms with E-state index in [2.05, 4.69) is 4.72 Å². The van der Waals surface area contributed by atoms with Gasteiger partial charge in [-0.3, -0.25) is 9.52 Å². The van der Waals surface area contributed by atoms with Crippen LogP contribution in [0.25, 0.3) is 0 Å². The van der Waals surface area contributed by atoms with Crippen LogP contribution in [0.1, 0.15) is 18.1 Å². The molecule has 26 heavy (non-hydrogen) atoms. The molecule has 2 aromatic rings. The summed E-state index contributed by atoms with van der Waals surface area (Å²) in [6.45, 7) is 2.69. The van der Waals surface area contributed by atoms with Gasteiger partial charge in [-0.15, -0.1) is 0 Å². The number of amides is 1. The van der Waals surface area contributed by atoms with Crippen LogP contribution < -0.4 is 9.46 Å². The molecule has 0 bridgehead atoms. The highest BCUT2D eigenvalue weighted by molar-refractivity contribution is 7.92. The number of ether oxygens (including phenoxy) is 1. The van der Waals surface area contributed by atoms with Crippen molar-refractivity contribution >= 4 is 33.2 Å². The van der Waals surface area contributed by atoms with Crippen LogP contribution in [-0.4, -0.2) is 32.9 Å². The average Bonchev–Trinajstić information content (AvgIpc) is 2.60. The highest BCUT2D eigenvalue weighted by Gasteiger charge is 2.20. The molecule has 0 fully saturated rings. The first-order valence-electron chi connectivity index (χ1n) is 8.04. The van der Waals surface area contributed by atoms with Crippen molar-refractivity contribution in [2.45, 2.75) is 24.8 Å². The van der Waals surface area contributed by atoms with Crippen molar-refractivity contribution in [2.75, 3.05) is 18.4 Å². The number of anilines is 1. The fraction of sp³-hybridized carbons (Fsp3) is 0.278. The zero-order valence-corrected chi connectivity index (χ0v) is 16.0. The maximum absolute atomic E-state index is 12.6. The van der Waals surface area contributed by atoms with E-state index >= 15 is 0 Å². The molecule has 0 aliphatic carbocycles. The van der Waals surface area contributed by atoms with E-state index in [1.807, 2.05) is 6.07 Å². The van der Waals surface area contributed by atoms with Crippen LogP contribution in [0.5, 0.6) is 5.75 Å². The van der Waals surface area contributed by atoms with Crippen LogP contribution in [0.2, 0.25) is 5.02 Å². The molecule has 1 aliphatic heterocycles. The van der Waals surface area contributed by atoms with E-state index in [0.29, 0.717) is 24.5 Å². The van der Waals surface area contributed by atoms with E-state index in [1.54, 1.807) is 17.0 Å². The summed E-state index contributed by atoms with van der Waals surface area (Å²) < 4.78 is 32.8. The van der Waals surface area contributed by atoms with Crippen molar-refractivity contribution in [3.8, 4) is 5.75 Å². The molecule has 6 nitrogen and oxygen atoms in total. The average molecular weight is 395 g/mol. The van der Waals surface area contributed by atoms with Crippen molar-refractivity contribution in [1.82, 2.24) is 4.90 Å². The maximum atomic E-state index is 12.6. The Balaban J connectivity index is 1.85. The number of nitrogens with one attached hydrogen (secondary N) is 1. The number of hydrogen-bond acceptors (Lipinski definition) is 4. The zero-order chi connectivity index (χ0) is 18.9. The number of halogens is 1. The van der Waals surface area contributed by atoms with Crippen LogP contribution in [0.3, 0.4) is 0 Å². The molecular formula is C18H19ClN2O4S. The largest absolute Gasteiger partial charge is 0.495 e. The Morgan fingerprint density at radius 2 is 1.96 bits per heavy atom. The lowest BCUT2D eigenvalue weighted by molar-refractivity contribution is -0.129. The third-order valence-electron chi connectivity index (χ3n) is 4.35. The highest BCUT2D eigenvalue weighted by Crippen LogP contribution is 2.29. The number of carbonyl (C=O) groups excluding carboxylic acids is 1. The molecule has 1 heterocycles. The van der Waals surface area contributed by atoms with Gasteiger partial charge in [0.1, 0.15) is 5.75 Å². The lowest BCUT2D eigenvalue weighted by Gasteiger charge is -2.28. The first-order valence-corrected chi connectivity index (χ1v) is 9.90. The second kappa shape index (κ2) is 7.17. The van der Waals surface area contributed by atoms with Crippen LogP contribution >= 0.6 is 11.6 Å². The van der Waals surface area contributed by atoms with Crippen molar-refractivity contribution in [3.63, 3.8) is 0 Å². The molecule has 1 amide bonds. The summed E-state index contributed by atoms with van der Waals surface area (Å²) in [5, 5.41) is 0.220. The van der Waals surface area contributed by atoms with Gasteiger partial charge in [-0.2, -0.15) is 0 Å². The van der Waals surface area contributed by atoms with E-state index < -0.39 is 10.0 Å². The Hall–Kier alpha value is -2.25. The molecule has 1 N–H and O–H groups in total. The summed E-state index contributed by atoms with van der Waals surface area (Å²) in [5.41, 5.74) is 2.51.